The summed E-state index contributed by atoms with van der Waals surface area (Å²) >= 11 is 0. The Morgan fingerprint density at radius 3 is 2.39 bits per heavy atom. The molecule has 1 fully saturated rings. The maximum atomic E-state index is 12.7. The molecular weight excluding hydrogens is 428 g/mol. The van der Waals surface area contributed by atoms with Crippen LogP contribution in [0.1, 0.15) is 20.3 Å². The Kier molecular flexibility index (Phi) is 11.8. The number of likely N-dealkylation sites (N-methyl/N-ethyl adjacent to an activating group) is 1. The Morgan fingerprint density at radius 2 is 1.73 bits per heavy atom. The number of anilines is 2. The monoisotopic (exact) mass is 466 g/mol. The molecule has 0 atom stereocenters. The zero-order valence-corrected chi connectivity index (χ0v) is 20.3. The van der Waals surface area contributed by atoms with E-state index in [1.807, 2.05) is 19.9 Å². The first kappa shape index (κ1) is 26.7. The van der Waals surface area contributed by atoms with Crippen LogP contribution in [0.2, 0.25) is 0 Å². The van der Waals surface area contributed by atoms with Gasteiger partial charge < -0.3 is 34.5 Å². The van der Waals surface area contributed by atoms with E-state index in [4.69, 9.17) is 18.9 Å². The molecule has 0 spiro atoms. The maximum absolute atomic E-state index is 12.7. The molecule has 0 radical (unpaired) electrons. The number of carbonyl (C=O) groups excluding carboxylic acids is 2. The Bertz CT molecular complexity index is 755. The number of benzene rings is 1. The number of nitrogens with one attached hydrogen (secondary N) is 2. The lowest BCUT2D eigenvalue weighted by Gasteiger charge is -2.31. The summed E-state index contributed by atoms with van der Waals surface area (Å²) in [5.41, 5.74) is 1.46. The lowest BCUT2D eigenvalue weighted by Crippen LogP contribution is -2.39. The predicted octanol–water partition coefficient (Wildman–Crippen LogP) is 1.34. The van der Waals surface area contributed by atoms with Gasteiger partial charge in [-0.3, -0.25) is 14.5 Å². The molecule has 1 aromatic rings. The molecule has 0 saturated carbocycles. The number of nitrogens with zero attached hydrogens (tertiary/aromatic N) is 2. The summed E-state index contributed by atoms with van der Waals surface area (Å²) in [7, 11) is 3.35. The van der Waals surface area contributed by atoms with Crippen LogP contribution < -0.4 is 25.0 Å². The number of morpholine rings is 1. The molecule has 186 valence electrons. The van der Waals surface area contributed by atoms with Gasteiger partial charge in [0.25, 0.3) is 0 Å². The number of methoxy groups -OCH3 is 1. The average Bonchev–Trinajstić information content (AvgIpc) is 2.79. The smallest absolute Gasteiger partial charge is 0.238 e. The fourth-order valence-electron chi connectivity index (χ4n) is 3.48. The molecule has 1 heterocycles. The van der Waals surface area contributed by atoms with Crippen molar-refractivity contribution in [2.24, 2.45) is 0 Å². The second-order valence-electron chi connectivity index (χ2n) is 7.70. The summed E-state index contributed by atoms with van der Waals surface area (Å²) in [6, 6.07) is 3.71. The molecule has 1 aliphatic heterocycles. The molecule has 2 N–H and O–H groups in total. The van der Waals surface area contributed by atoms with Crippen molar-refractivity contribution in [1.29, 1.82) is 0 Å². The van der Waals surface area contributed by atoms with Gasteiger partial charge >= 0.3 is 0 Å². The lowest BCUT2D eigenvalue weighted by atomic mass is 10.2. The van der Waals surface area contributed by atoms with Crippen LogP contribution in [0.3, 0.4) is 0 Å². The molecule has 1 aliphatic rings. The Balaban J connectivity index is 2.04. The molecular formula is C23H38N4O6. The molecule has 0 aromatic heterocycles. The summed E-state index contributed by atoms with van der Waals surface area (Å²) in [4.78, 5) is 28.6. The van der Waals surface area contributed by atoms with Crippen molar-refractivity contribution in [2.45, 2.75) is 20.3 Å². The highest BCUT2D eigenvalue weighted by molar-refractivity contribution is 5.95. The second-order valence-corrected chi connectivity index (χ2v) is 7.70. The van der Waals surface area contributed by atoms with Crippen molar-refractivity contribution in [3.8, 4) is 11.5 Å². The van der Waals surface area contributed by atoms with Crippen LogP contribution in [0.5, 0.6) is 11.5 Å². The fraction of sp³-hybridized carbons (Fsp3) is 0.652. The van der Waals surface area contributed by atoms with Gasteiger partial charge in [-0.05, 0) is 27.3 Å². The maximum Gasteiger partial charge on any atom is 0.238 e. The summed E-state index contributed by atoms with van der Waals surface area (Å²) in [6.07, 6.45) is 0.745. The van der Waals surface area contributed by atoms with Crippen molar-refractivity contribution in [1.82, 2.24) is 10.2 Å². The number of carbonyl (C=O) groups is 2. The third-order valence-electron chi connectivity index (χ3n) is 4.96. The van der Waals surface area contributed by atoms with Crippen LogP contribution in [0.15, 0.2) is 12.1 Å². The van der Waals surface area contributed by atoms with Crippen LogP contribution in [-0.4, -0.2) is 96.6 Å². The Hall–Kier alpha value is -2.56. The van der Waals surface area contributed by atoms with Crippen LogP contribution in [0.4, 0.5) is 11.4 Å². The standard InChI is InChI=1S/C23H38N4O6/c1-5-32-20-15-19(27-9-12-31-13-10-27)21(33-6-2)14-18(20)25-23(29)17-26(3)16-22(28)24-8-7-11-30-4/h14-15H,5-13,16-17H2,1-4H3,(H,24,28)(H,25,29). The van der Waals surface area contributed by atoms with Crippen molar-refractivity contribution < 1.29 is 28.5 Å². The van der Waals surface area contributed by atoms with Gasteiger partial charge in [0.1, 0.15) is 11.5 Å². The van der Waals surface area contributed by atoms with E-state index in [-0.39, 0.29) is 24.9 Å². The van der Waals surface area contributed by atoms with Gasteiger partial charge in [0.2, 0.25) is 11.8 Å². The van der Waals surface area contributed by atoms with Crippen molar-refractivity contribution in [2.75, 3.05) is 90.1 Å². The van der Waals surface area contributed by atoms with E-state index in [9.17, 15) is 9.59 Å². The summed E-state index contributed by atoms with van der Waals surface area (Å²) in [5.74, 6) is 0.883. The topological polar surface area (TPSA) is 102 Å². The molecule has 33 heavy (non-hydrogen) atoms. The molecule has 0 bridgehead atoms. The van der Waals surface area contributed by atoms with Gasteiger partial charge in [0.15, 0.2) is 0 Å². The van der Waals surface area contributed by atoms with Gasteiger partial charge in [-0.1, -0.05) is 0 Å². The minimum atomic E-state index is -0.243. The molecule has 1 aromatic carbocycles. The molecule has 10 heteroatoms. The highest BCUT2D eigenvalue weighted by atomic mass is 16.5. The van der Waals surface area contributed by atoms with E-state index in [1.165, 1.54) is 0 Å². The summed E-state index contributed by atoms with van der Waals surface area (Å²) in [6.45, 7) is 8.93. The average molecular weight is 467 g/mol. The fourth-order valence-corrected chi connectivity index (χ4v) is 3.48. The largest absolute Gasteiger partial charge is 0.492 e. The molecule has 0 aliphatic carbocycles. The number of ether oxygens (including phenoxy) is 4. The van der Waals surface area contributed by atoms with Crippen molar-refractivity contribution >= 4 is 23.2 Å². The highest BCUT2D eigenvalue weighted by Gasteiger charge is 2.21. The number of hydrogen-bond donors (Lipinski definition) is 2. The van der Waals surface area contributed by atoms with E-state index in [2.05, 4.69) is 15.5 Å². The number of amides is 2. The first-order valence-electron chi connectivity index (χ1n) is 11.5. The van der Waals surface area contributed by atoms with E-state index in [1.54, 1.807) is 25.1 Å². The van der Waals surface area contributed by atoms with Crippen molar-refractivity contribution in [3.05, 3.63) is 12.1 Å². The molecule has 2 amide bonds. The SMILES string of the molecule is CCOc1cc(N2CCOCC2)c(OCC)cc1NC(=O)CN(C)CC(=O)NCCCOC. The zero-order valence-electron chi connectivity index (χ0n) is 20.3. The Labute approximate surface area is 196 Å². The highest BCUT2D eigenvalue weighted by Crippen LogP contribution is 2.39. The second kappa shape index (κ2) is 14.6. The van der Waals surface area contributed by atoms with Gasteiger partial charge in [0.05, 0.1) is 50.9 Å². The third kappa shape index (κ3) is 9.07. The van der Waals surface area contributed by atoms with Crippen LogP contribution in [-0.2, 0) is 19.1 Å². The van der Waals surface area contributed by atoms with E-state index in [0.29, 0.717) is 56.8 Å². The van der Waals surface area contributed by atoms with Crippen LogP contribution in [0.25, 0.3) is 0 Å². The predicted molar refractivity (Wildman–Crippen MR) is 127 cm³/mol. The molecule has 0 unspecified atom stereocenters. The summed E-state index contributed by atoms with van der Waals surface area (Å²) < 4.78 is 22.1. The van der Waals surface area contributed by atoms with E-state index >= 15 is 0 Å². The lowest BCUT2D eigenvalue weighted by molar-refractivity contribution is -0.123. The number of rotatable bonds is 14. The quantitative estimate of drug-likeness (QED) is 0.396. The van der Waals surface area contributed by atoms with Crippen LogP contribution >= 0.6 is 0 Å². The van der Waals surface area contributed by atoms with E-state index < -0.39 is 0 Å². The molecule has 1 saturated heterocycles. The first-order valence-corrected chi connectivity index (χ1v) is 11.5. The summed E-state index contributed by atoms with van der Waals surface area (Å²) in [5, 5.41) is 5.72. The van der Waals surface area contributed by atoms with Gasteiger partial charge in [-0.25, -0.2) is 0 Å². The van der Waals surface area contributed by atoms with Crippen LogP contribution in [0, 0.1) is 0 Å². The third-order valence-corrected chi connectivity index (χ3v) is 4.96. The minimum absolute atomic E-state index is 0.0617. The van der Waals surface area contributed by atoms with Gasteiger partial charge in [-0.2, -0.15) is 0 Å². The molecule has 10 nitrogen and oxygen atoms in total. The van der Waals surface area contributed by atoms with Crippen molar-refractivity contribution in [3.63, 3.8) is 0 Å². The minimum Gasteiger partial charge on any atom is -0.492 e. The first-order chi connectivity index (χ1) is 16.0. The van der Waals surface area contributed by atoms with E-state index in [0.717, 1.165) is 25.2 Å². The Morgan fingerprint density at radius 1 is 1.06 bits per heavy atom. The van der Waals surface area contributed by atoms with Gasteiger partial charge in [0, 0.05) is 45.5 Å². The van der Waals surface area contributed by atoms with Gasteiger partial charge in [-0.15, -0.1) is 0 Å². The molecule has 2 rings (SSSR count). The zero-order chi connectivity index (χ0) is 24.1. The normalized spacial score (nSPS) is 13.7. The number of hydrogen-bond acceptors (Lipinski definition) is 8.